The number of piperidine rings is 1. The van der Waals surface area contributed by atoms with Crippen molar-refractivity contribution < 1.29 is 23.8 Å². The van der Waals surface area contributed by atoms with E-state index in [1.165, 1.54) is 0 Å². The average Bonchev–Trinajstić information content (AvgIpc) is 2.76. The molecular weight excluding hydrogens is 434 g/mol. The Bertz CT molecular complexity index is 806. The van der Waals surface area contributed by atoms with E-state index >= 15 is 0 Å². The summed E-state index contributed by atoms with van der Waals surface area (Å²) in [5, 5.41) is 3.03. The van der Waals surface area contributed by atoms with Crippen LogP contribution in [0.4, 0.5) is 4.79 Å². The lowest BCUT2D eigenvalue weighted by molar-refractivity contribution is -0.122. The van der Waals surface area contributed by atoms with Gasteiger partial charge in [0.25, 0.3) is 0 Å². The molecule has 34 heavy (non-hydrogen) atoms. The van der Waals surface area contributed by atoms with Crippen molar-refractivity contribution in [3.05, 3.63) is 23.8 Å². The predicted octanol–water partition coefficient (Wildman–Crippen LogP) is 3.72. The Morgan fingerprint density at radius 3 is 2.50 bits per heavy atom. The molecule has 1 fully saturated rings. The maximum Gasteiger partial charge on any atom is 0.410 e. The predicted molar refractivity (Wildman–Crippen MR) is 133 cm³/mol. The number of carbonyl (C=O) groups excluding carboxylic acids is 2. The number of hydrogen-bond acceptors (Lipinski definition) is 6. The fourth-order valence-electron chi connectivity index (χ4n) is 4.18. The van der Waals surface area contributed by atoms with Crippen LogP contribution in [0, 0.1) is 5.92 Å². The molecule has 0 aromatic heterocycles. The van der Waals surface area contributed by atoms with Crippen LogP contribution in [-0.2, 0) is 16.0 Å². The molecule has 1 aromatic carbocycles. The van der Waals surface area contributed by atoms with Crippen LogP contribution in [0.2, 0.25) is 0 Å². The zero-order chi connectivity index (χ0) is 25.3. The summed E-state index contributed by atoms with van der Waals surface area (Å²) in [4.78, 5) is 29.2. The fraction of sp³-hybridized carbons (Fsp3) is 0.692. The summed E-state index contributed by atoms with van der Waals surface area (Å²) in [6, 6.07) is 5.85. The van der Waals surface area contributed by atoms with Crippen molar-refractivity contribution in [3.63, 3.8) is 0 Å². The van der Waals surface area contributed by atoms with Gasteiger partial charge in [0, 0.05) is 25.7 Å². The van der Waals surface area contributed by atoms with Gasteiger partial charge in [-0.15, -0.1) is 0 Å². The molecule has 1 unspecified atom stereocenters. The second-order valence-electron chi connectivity index (χ2n) is 10.3. The zero-order valence-corrected chi connectivity index (χ0v) is 22.0. The molecule has 1 N–H and O–H groups in total. The van der Waals surface area contributed by atoms with Gasteiger partial charge in [0.1, 0.15) is 5.60 Å². The molecule has 1 aliphatic rings. The first-order valence-electron chi connectivity index (χ1n) is 12.2. The molecule has 192 valence electrons. The number of hydrogen-bond donors (Lipinski definition) is 1. The molecule has 0 aliphatic carbocycles. The van der Waals surface area contributed by atoms with Gasteiger partial charge in [-0.1, -0.05) is 6.07 Å². The fourth-order valence-corrected chi connectivity index (χ4v) is 4.18. The average molecular weight is 478 g/mol. The summed E-state index contributed by atoms with van der Waals surface area (Å²) < 4.78 is 16.2. The van der Waals surface area contributed by atoms with E-state index in [4.69, 9.17) is 14.2 Å². The molecule has 1 saturated heterocycles. The number of nitrogens with zero attached hydrogens (tertiary/aromatic N) is 2. The van der Waals surface area contributed by atoms with Gasteiger partial charge < -0.3 is 24.4 Å². The molecule has 0 spiro atoms. The van der Waals surface area contributed by atoms with Crippen LogP contribution >= 0.6 is 0 Å². The zero-order valence-electron chi connectivity index (χ0n) is 22.0. The molecule has 0 saturated carbocycles. The Kier molecular flexibility index (Phi) is 10.5. The Morgan fingerprint density at radius 1 is 1.18 bits per heavy atom. The van der Waals surface area contributed by atoms with E-state index in [1.54, 1.807) is 14.2 Å². The lowest BCUT2D eigenvalue weighted by Crippen LogP contribution is -2.48. The lowest BCUT2D eigenvalue weighted by Gasteiger charge is -2.37. The summed E-state index contributed by atoms with van der Waals surface area (Å²) in [6.07, 6.45) is 2.51. The first-order valence-corrected chi connectivity index (χ1v) is 12.2. The minimum Gasteiger partial charge on any atom is -0.493 e. The molecule has 8 nitrogen and oxygen atoms in total. The highest BCUT2D eigenvalue weighted by atomic mass is 16.6. The molecule has 1 heterocycles. The number of rotatable bonds is 10. The number of likely N-dealkylation sites (tertiary alicyclic amines) is 1. The van der Waals surface area contributed by atoms with Crippen molar-refractivity contribution in [1.82, 2.24) is 15.1 Å². The normalized spacial score (nSPS) is 16.8. The van der Waals surface area contributed by atoms with E-state index in [2.05, 4.69) is 10.2 Å². The van der Waals surface area contributed by atoms with Crippen molar-refractivity contribution in [1.29, 1.82) is 0 Å². The van der Waals surface area contributed by atoms with E-state index in [0.29, 0.717) is 43.5 Å². The third-order valence-electron chi connectivity index (χ3n) is 5.86. The van der Waals surface area contributed by atoms with Crippen LogP contribution in [0.15, 0.2) is 18.2 Å². The number of ether oxygens (including phenoxy) is 3. The second-order valence-corrected chi connectivity index (χ2v) is 10.3. The van der Waals surface area contributed by atoms with E-state index in [1.807, 2.05) is 57.7 Å². The minimum atomic E-state index is -0.516. The Balaban J connectivity index is 1.81. The van der Waals surface area contributed by atoms with Gasteiger partial charge in [-0.3, -0.25) is 9.69 Å². The van der Waals surface area contributed by atoms with Crippen molar-refractivity contribution in [3.8, 4) is 11.5 Å². The summed E-state index contributed by atoms with van der Waals surface area (Å²) in [6.45, 7) is 12.9. The molecule has 0 radical (unpaired) electrons. The molecule has 2 amide bonds. The molecular formula is C26H43N3O5. The van der Waals surface area contributed by atoms with Crippen LogP contribution < -0.4 is 14.8 Å². The maximum atomic E-state index is 12.7. The lowest BCUT2D eigenvalue weighted by atomic mass is 9.97. The summed E-state index contributed by atoms with van der Waals surface area (Å²) >= 11 is 0. The van der Waals surface area contributed by atoms with Crippen molar-refractivity contribution in [2.24, 2.45) is 5.92 Å². The molecule has 1 aromatic rings. The number of carbonyl (C=O) groups is 2. The van der Waals surface area contributed by atoms with Gasteiger partial charge in [-0.05, 0) is 84.0 Å². The van der Waals surface area contributed by atoms with Gasteiger partial charge in [-0.25, -0.2) is 4.79 Å². The van der Waals surface area contributed by atoms with Gasteiger partial charge in [0.2, 0.25) is 5.91 Å². The maximum absolute atomic E-state index is 12.7. The molecule has 8 heteroatoms. The third-order valence-corrected chi connectivity index (χ3v) is 5.86. The number of nitrogens with one attached hydrogen (secondary N) is 1. The van der Waals surface area contributed by atoms with E-state index < -0.39 is 5.60 Å². The SMILES string of the molecule is COc1ccc(CCNC(=O)CN2CCCC(CN(C(=O)OC(C)(C)C)C(C)C)C2)cc1OC. The van der Waals surface area contributed by atoms with Crippen molar-refractivity contribution >= 4 is 12.0 Å². The minimum absolute atomic E-state index is 0.0222. The van der Waals surface area contributed by atoms with Crippen LogP contribution in [0.25, 0.3) is 0 Å². The molecule has 1 aliphatic heterocycles. The molecule has 2 rings (SSSR count). The second kappa shape index (κ2) is 12.8. The van der Waals surface area contributed by atoms with E-state index in [0.717, 1.165) is 31.5 Å². The topological polar surface area (TPSA) is 80.3 Å². The van der Waals surface area contributed by atoms with Gasteiger partial charge >= 0.3 is 6.09 Å². The number of amides is 2. The first-order chi connectivity index (χ1) is 16.0. The van der Waals surface area contributed by atoms with E-state index in [-0.39, 0.29) is 18.0 Å². The third kappa shape index (κ3) is 9.05. The molecule has 0 bridgehead atoms. The number of methoxy groups -OCH3 is 2. The van der Waals surface area contributed by atoms with Gasteiger partial charge in [-0.2, -0.15) is 0 Å². The highest BCUT2D eigenvalue weighted by molar-refractivity contribution is 5.78. The van der Waals surface area contributed by atoms with Crippen molar-refractivity contribution in [2.75, 3.05) is 46.9 Å². The van der Waals surface area contributed by atoms with Gasteiger partial charge in [0.05, 0.1) is 20.8 Å². The highest BCUT2D eigenvalue weighted by Crippen LogP contribution is 2.27. The van der Waals surface area contributed by atoms with Crippen LogP contribution in [0.3, 0.4) is 0 Å². The standard InChI is InChI=1S/C26H43N3O5/c1-19(2)29(25(31)34-26(3,4)5)17-21-9-8-14-28(16-21)18-24(30)27-13-12-20-10-11-22(32-6)23(15-20)33-7/h10-11,15,19,21H,8-9,12-14,16-18H2,1-7H3,(H,27,30). The van der Waals surface area contributed by atoms with Crippen molar-refractivity contribution in [2.45, 2.75) is 65.5 Å². The van der Waals surface area contributed by atoms with E-state index in [9.17, 15) is 9.59 Å². The summed E-state index contributed by atoms with van der Waals surface area (Å²) in [7, 11) is 3.23. The first kappa shape index (κ1) is 27.8. The van der Waals surface area contributed by atoms with Gasteiger partial charge in [0.15, 0.2) is 11.5 Å². The van der Waals surface area contributed by atoms with Crippen LogP contribution in [0.5, 0.6) is 11.5 Å². The Morgan fingerprint density at radius 2 is 1.88 bits per heavy atom. The highest BCUT2D eigenvalue weighted by Gasteiger charge is 2.29. The quantitative estimate of drug-likeness (QED) is 0.553. The Hall–Kier alpha value is -2.48. The monoisotopic (exact) mass is 477 g/mol. The number of benzene rings is 1. The molecule has 1 atom stereocenters. The largest absolute Gasteiger partial charge is 0.493 e. The van der Waals surface area contributed by atoms with Crippen LogP contribution in [-0.4, -0.2) is 80.4 Å². The Labute approximate surface area is 204 Å². The summed E-state index contributed by atoms with van der Waals surface area (Å²) in [5.41, 5.74) is 0.560. The van der Waals surface area contributed by atoms with Crippen LogP contribution in [0.1, 0.15) is 53.0 Å². The smallest absolute Gasteiger partial charge is 0.410 e. The summed E-state index contributed by atoms with van der Waals surface area (Å²) in [5.74, 6) is 1.72.